The molecule has 0 unspecified atom stereocenters. The standard InChI is InChI=1S/C25H29N5O3S/c1-17-20-22(31)26-19(16-18-8-4-2-5-9-18)27-23(20)34-21(17)24(32)28-12-14-30(15-13-28)25(33)29-10-6-3-7-11-29/h2,4-5,8-9H,3,6-7,10-16H2,1H3,(H,26,27,31). The van der Waals surface area contributed by atoms with Gasteiger partial charge in [-0.1, -0.05) is 30.3 Å². The molecular formula is C25H29N5O3S. The minimum Gasteiger partial charge on any atom is -0.334 e. The molecule has 0 atom stereocenters. The second-order valence-corrected chi connectivity index (χ2v) is 10.0. The normalized spacial score (nSPS) is 16.8. The average molecular weight is 480 g/mol. The van der Waals surface area contributed by atoms with E-state index in [0.717, 1.165) is 31.5 Å². The molecule has 0 spiro atoms. The highest BCUT2D eigenvalue weighted by Gasteiger charge is 2.30. The monoisotopic (exact) mass is 479 g/mol. The summed E-state index contributed by atoms with van der Waals surface area (Å²) in [5.41, 5.74) is 1.53. The summed E-state index contributed by atoms with van der Waals surface area (Å²) in [4.78, 5) is 53.2. The number of urea groups is 1. The highest BCUT2D eigenvalue weighted by Crippen LogP contribution is 2.29. The first-order valence-electron chi connectivity index (χ1n) is 11.9. The number of H-pyrrole nitrogens is 1. The third-order valence-electron chi connectivity index (χ3n) is 6.72. The van der Waals surface area contributed by atoms with Crippen molar-refractivity contribution in [2.75, 3.05) is 39.3 Å². The number of piperazine rings is 1. The van der Waals surface area contributed by atoms with Gasteiger partial charge in [0.15, 0.2) is 0 Å². The largest absolute Gasteiger partial charge is 0.334 e. The topological polar surface area (TPSA) is 89.6 Å². The minimum absolute atomic E-state index is 0.0884. The highest BCUT2D eigenvalue weighted by atomic mass is 32.1. The molecule has 3 aromatic rings. The molecule has 0 aliphatic carbocycles. The molecule has 0 saturated carbocycles. The van der Waals surface area contributed by atoms with Gasteiger partial charge < -0.3 is 19.7 Å². The molecule has 0 bridgehead atoms. The molecule has 0 radical (unpaired) electrons. The number of piperidine rings is 1. The number of thiophene rings is 1. The number of benzene rings is 1. The maximum Gasteiger partial charge on any atom is 0.320 e. The zero-order valence-electron chi connectivity index (χ0n) is 19.4. The number of aryl methyl sites for hydroxylation is 1. The Morgan fingerprint density at radius 1 is 0.941 bits per heavy atom. The number of hydrogen-bond acceptors (Lipinski definition) is 5. The summed E-state index contributed by atoms with van der Waals surface area (Å²) in [5.74, 6) is 0.503. The lowest BCUT2D eigenvalue weighted by atomic mass is 10.1. The van der Waals surface area contributed by atoms with Crippen molar-refractivity contribution in [1.82, 2.24) is 24.7 Å². The van der Waals surface area contributed by atoms with Crippen LogP contribution in [0.4, 0.5) is 4.79 Å². The molecule has 9 heteroatoms. The number of aromatic amines is 1. The maximum atomic E-state index is 13.3. The van der Waals surface area contributed by atoms with Gasteiger partial charge in [0.25, 0.3) is 11.5 Å². The van der Waals surface area contributed by atoms with E-state index in [2.05, 4.69) is 9.97 Å². The molecule has 34 heavy (non-hydrogen) atoms. The van der Waals surface area contributed by atoms with E-state index in [1.165, 1.54) is 17.8 Å². The fraction of sp³-hybridized carbons (Fsp3) is 0.440. The van der Waals surface area contributed by atoms with Crippen LogP contribution in [0.5, 0.6) is 0 Å². The van der Waals surface area contributed by atoms with Crippen molar-refractivity contribution in [2.45, 2.75) is 32.6 Å². The minimum atomic E-state index is -0.208. The maximum absolute atomic E-state index is 13.3. The van der Waals surface area contributed by atoms with Gasteiger partial charge in [-0.15, -0.1) is 11.3 Å². The van der Waals surface area contributed by atoms with Crippen LogP contribution in [0, 0.1) is 6.92 Å². The zero-order valence-corrected chi connectivity index (χ0v) is 20.2. The molecule has 1 N–H and O–H groups in total. The summed E-state index contributed by atoms with van der Waals surface area (Å²) in [5, 5.41) is 0.490. The summed E-state index contributed by atoms with van der Waals surface area (Å²) < 4.78 is 0. The van der Waals surface area contributed by atoms with Gasteiger partial charge in [-0.3, -0.25) is 9.59 Å². The van der Waals surface area contributed by atoms with Crippen LogP contribution >= 0.6 is 11.3 Å². The number of nitrogens with one attached hydrogen (secondary N) is 1. The van der Waals surface area contributed by atoms with E-state index in [4.69, 9.17) is 0 Å². The number of likely N-dealkylation sites (tertiary alicyclic amines) is 1. The number of amides is 3. The average Bonchev–Trinajstić information content (AvgIpc) is 3.21. The van der Waals surface area contributed by atoms with E-state index < -0.39 is 0 Å². The quantitative estimate of drug-likeness (QED) is 0.625. The summed E-state index contributed by atoms with van der Waals surface area (Å²) in [6.07, 6.45) is 3.84. The number of fused-ring (bicyclic) bond motifs is 1. The second-order valence-electron chi connectivity index (χ2n) is 9.02. The van der Waals surface area contributed by atoms with E-state index in [-0.39, 0.29) is 17.5 Å². The van der Waals surface area contributed by atoms with E-state index in [0.29, 0.717) is 59.1 Å². The van der Waals surface area contributed by atoms with Crippen LogP contribution in [0.25, 0.3) is 10.2 Å². The van der Waals surface area contributed by atoms with Gasteiger partial charge in [-0.2, -0.15) is 0 Å². The summed E-state index contributed by atoms with van der Waals surface area (Å²) in [6, 6.07) is 9.94. The van der Waals surface area contributed by atoms with Crippen molar-refractivity contribution in [3.05, 3.63) is 62.5 Å². The van der Waals surface area contributed by atoms with Crippen LogP contribution in [0.3, 0.4) is 0 Å². The Hall–Kier alpha value is -3.20. The molecule has 2 aromatic heterocycles. The second kappa shape index (κ2) is 9.58. The molecule has 2 aliphatic rings. The predicted molar refractivity (Wildman–Crippen MR) is 133 cm³/mol. The Balaban J connectivity index is 1.30. The van der Waals surface area contributed by atoms with Crippen molar-refractivity contribution in [2.24, 2.45) is 0 Å². The molecule has 2 fully saturated rings. The van der Waals surface area contributed by atoms with Gasteiger partial charge in [0, 0.05) is 45.7 Å². The Bertz CT molecular complexity index is 1250. The van der Waals surface area contributed by atoms with Crippen LogP contribution in [0.1, 0.15) is 45.9 Å². The number of carbonyl (C=O) groups is 2. The van der Waals surface area contributed by atoms with Crippen LogP contribution < -0.4 is 5.56 Å². The fourth-order valence-corrected chi connectivity index (χ4v) is 5.96. The Morgan fingerprint density at radius 2 is 1.59 bits per heavy atom. The predicted octanol–water partition coefficient (Wildman–Crippen LogP) is 3.25. The van der Waals surface area contributed by atoms with E-state index in [1.807, 2.05) is 47.1 Å². The van der Waals surface area contributed by atoms with Crippen molar-refractivity contribution in [1.29, 1.82) is 0 Å². The molecule has 4 heterocycles. The lowest BCUT2D eigenvalue weighted by Gasteiger charge is -2.38. The van der Waals surface area contributed by atoms with Gasteiger partial charge >= 0.3 is 6.03 Å². The van der Waals surface area contributed by atoms with E-state index >= 15 is 0 Å². The van der Waals surface area contributed by atoms with Crippen LogP contribution in [-0.4, -0.2) is 75.9 Å². The molecule has 2 saturated heterocycles. The highest BCUT2D eigenvalue weighted by molar-refractivity contribution is 7.20. The van der Waals surface area contributed by atoms with Gasteiger partial charge in [0.05, 0.1) is 10.3 Å². The molecule has 1 aromatic carbocycles. The SMILES string of the molecule is Cc1c(C(=O)N2CCN(C(=O)N3CCCCC3)CC2)sc2nc(Cc3ccccc3)[nH]c(=O)c12. The Kier molecular flexibility index (Phi) is 6.36. The Morgan fingerprint density at radius 3 is 2.29 bits per heavy atom. The fourth-order valence-electron chi connectivity index (χ4n) is 4.80. The smallest absolute Gasteiger partial charge is 0.320 e. The molecule has 3 amide bonds. The first-order valence-corrected chi connectivity index (χ1v) is 12.7. The number of hydrogen-bond donors (Lipinski definition) is 1. The van der Waals surface area contributed by atoms with E-state index in [1.54, 1.807) is 4.90 Å². The number of carbonyl (C=O) groups excluding carboxylic acids is 2. The molecule has 178 valence electrons. The zero-order chi connectivity index (χ0) is 23.7. The lowest BCUT2D eigenvalue weighted by Crippen LogP contribution is -2.54. The van der Waals surface area contributed by atoms with Gasteiger partial charge in [-0.05, 0) is 37.3 Å². The molecule has 2 aliphatic heterocycles. The summed E-state index contributed by atoms with van der Waals surface area (Å²) >= 11 is 1.28. The third kappa shape index (κ3) is 4.44. The number of nitrogens with zero attached hydrogens (tertiary/aromatic N) is 4. The molecular weight excluding hydrogens is 450 g/mol. The van der Waals surface area contributed by atoms with Crippen molar-refractivity contribution < 1.29 is 9.59 Å². The third-order valence-corrected chi connectivity index (χ3v) is 7.90. The first-order chi connectivity index (χ1) is 16.5. The van der Waals surface area contributed by atoms with Crippen molar-refractivity contribution in [3.63, 3.8) is 0 Å². The first kappa shape index (κ1) is 22.6. The Labute approximate surface area is 202 Å². The van der Waals surface area contributed by atoms with Gasteiger partial charge in [0.1, 0.15) is 10.7 Å². The molecule has 5 rings (SSSR count). The summed E-state index contributed by atoms with van der Waals surface area (Å²) in [7, 11) is 0. The number of rotatable bonds is 3. The molecule has 8 nitrogen and oxygen atoms in total. The van der Waals surface area contributed by atoms with Crippen LogP contribution in [0.15, 0.2) is 35.1 Å². The van der Waals surface area contributed by atoms with Crippen LogP contribution in [-0.2, 0) is 6.42 Å². The van der Waals surface area contributed by atoms with E-state index in [9.17, 15) is 14.4 Å². The van der Waals surface area contributed by atoms with Crippen LogP contribution in [0.2, 0.25) is 0 Å². The van der Waals surface area contributed by atoms with Crippen molar-refractivity contribution in [3.8, 4) is 0 Å². The number of aromatic nitrogens is 2. The van der Waals surface area contributed by atoms with Gasteiger partial charge in [-0.25, -0.2) is 9.78 Å². The van der Waals surface area contributed by atoms with Gasteiger partial charge in [0.2, 0.25) is 0 Å². The van der Waals surface area contributed by atoms with Crippen molar-refractivity contribution >= 4 is 33.5 Å². The summed E-state index contributed by atoms with van der Waals surface area (Å²) in [6.45, 7) is 5.52. The lowest BCUT2D eigenvalue weighted by molar-refractivity contribution is 0.0637.